The quantitative estimate of drug-likeness (QED) is 0.325. The Bertz CT molecular complexity index is 1600. The number of methoxy groups -OCH3 is 1. The molecule has 0 spiro atoms. The number of amides is 2. The maximum Gasteiger partial charge on any atom is 0.254 e. The van der Waals surface area contributed by atoms with E-state index in [1.165, 1.54) is 0 Å². The first kappa shape index (κ1) is 26.3. The molecule has 3 aromatic carbocycles. The Morgan fingerprint density at radius 2 is 1.82 bits per heavy atom. The fourth-order valence-corrected chi connectivity index (χ4v) is 6.45. The van der Waals surface area contributed by atoms with Gasteiger partial charge in [-0.1, -0.05) is 54.1 Å². The molecular formula is C32H32ClN3O4. The molecule has 1 aromatic heterocycles. The molecule has 2 aliphatic rings. The van der Waals surface area contributed by atoms with Gasteiger partial charge >= 0.3 is 0 Å². The molecule has 206 valence electrons. The van der Waals surface area contributed by atoms with Gasteiger partial charge in [-0.15, -0.1) is 0 Å². The number of hydrogen-bond acceptors (Lipinski definition) is 4. The summed E-state index contributed by atoms with van der Waals surface area (Å²) >= 11 is 6.05. The van der Waals surface area contributed by atoms with E-state index < -0.39 is 5.54 Å². The van der Waals surface area contributed by atoms with Gasteiger partial charge in [0.25, 0.3) is 5.91 Å². The summed E-state index contributed by atoms with van der Waals surface area (Å²) in [6, 6.07) is 21.5. The highest BCUT2D eigenvalue weighted by molar-refractivity contribution is 6.30. The van der Waals surface area contributed by atoms with Gasteiger partial charge in [0.15, 0.2) is 17.0 Å². The summed E-state index contributed by atoms with van der Waals surface area (Å²) in [4.78, 5) is 35.1. The number of rotatable bonds is 7. The standard InChI is InChI=1S/C32H32ClN3O4/c1-4-40-29-22(9-7-11-26(29)39-3)24-18-36-27(37)19-35(17-16-20-12-14-21(33)15-13-20)31(38)32(36,2)30-28(24)23-8-5-6-10-25(23)34-30/h5-15,24,34H,4,16-19H2,1-3H3/t24?,32-/m0/s1. The van der Waals surface area contributed by atoms with E-state index in [-0.39, 0.29) is 24.3 Å². The predicted molar refractivity (Wildman–Crippen MR) is 155 cm³/mol. The lowest BCUT2D eigenvalue weighted by molar-refractivity contribution is -0.166. The molecule has 0 aliphatic carbocycles. The molecule has 1 saturated heterocycles. The van der Waals surface area contributed by atoms with Crippen molar-refractivity contribution in [2.24, 2.45) is 0 Å². The van der Waals surface area contributed by atoms with E-state index in [1.54, 1.807) is 16.9 Å². The molecule has 2 amide bonds. The Labute approximate surface area is 238 Å². The van der Waals surface area contributed by atoms with Crippen LogP contribution < -0.4 is 9.47 Å². The number of para-hydroxylation sites is 2. The fraction of sp³-hybridized carbons (Fsp3) is 0.312. The van der Waals surface area contributed by atoms with Crippen LogP contribution in [0.1, 0.15) is 42.1 Å². The first-order valence-electron chi connectivity index (χ1n) is 13.6. The van der Waals surface area contributed by atoms with E-state index in [0.717, 1.165) is 33.3 Å². The highest BCUT2D eigenvalue weighted by Crippen LogP contribution is 2.50. The zero-order chi connectivity index (χ0) is 28.0. The molecule has 40 heavy (non-hydrogen) atoms. The first-order chi connectivity index (χ1) is 19.4. The number of carbonyl (C=O) groups excluding carboxylic acids is 2. The lowest BCUT2D eigenvalue weighted by atomic mass is 9.76. The number of piperazine rings is 1. The largest absolute Gasteiger partial charge is 0.493 e. The fourth-order valence-electron chi connectivity index (χ4n) is 6.32. The normalized spacial score (nSPS) is 20.4. The molecule has 6 rings (SSSR count). The van der Waals surface area contributed by atoms with Crippen molar-refractivity contribution in [3.05, 3.63) is 94.1 Å². The summed E-state index contributed by atoms with van der Waals surface area (Å²) in [5.41, 5.74) is 3.53. The minimum absolute atomic E-state index is 0.0424. The lowest BCUT2D eigenvalue weighted by Gasteiger charge is -2.51. The van der Waals surface area contributed by atoms with Crippen molar-refractivity contribution >= 4 is 34.3 Å². The topological polar surface area (TPSA) is 74.9 Å². The van der Waals surface area contributed by atoms with Crippen LogP contribution in [0.4, 0.5) is 0 Å². The Balaban J connectivity index is 1.46. The van der Waals surface area contributed by atoms with Gasteiger partial charge in [0, 0.05) is 40.5 Å². The summed E-state index contributed by atoms with van der Waals surface area (Å²) in [5, 5.41) is 1.70. The Morgan fingerprint density at radius 3 is 2.58 bits per heavy atom. The number of aromatic nitrogens is 1. The van der Waals surface area contributed by atoms with Gasteiger partial charge in [0.1, 0.15) is 0 Å². The average molecular weight is 558 g/mol. The van der Waals surface area contributed by atoms with E-state index in [9.17, 15) is 9.59 Å². The molecule has 7 nitrogen and oxygen atoms in total. The van der Waals surface area contributed by atoms with Crippen molar-refractivity contribution in [1.82, 2.24) is 14.8 Å². The van der Waals surface area contributed by atoms with E-state index >= 15 is 0 Å². The van der Waals surface area contributed by atoms with Gasteiger partial charge in [-0.05, 0) is 55.7 Å². The molecule has 0 saturated carbocycles. The van der Waals surface area contributed by atoms with Gasteiger partial charge in [-0.3, -0.25) is 9.59 Å². The number of aromatic amines is 1. The molecule has 4 aromatic rings. The summed E-state index contributed by atoms with van der Waals surface area (Å²) in [6.07, 6.45) is 0.635. The highest BCUT2D eigenvalue weighted by Gasteiger charge is 2.56. The van der Waals surface area contributed by atoms with Crippen molar-refractivity contribution in [3.63, 3.8) is 0 Å². The number of benzene rings is 3. The monoisotopic (exact) mass is 557 g/mol. The Morgan fingerprint density at radius 1 is 1.05 bits per heavy atom. The van der Waals surface area contributed by atoms with E-state index in [2.05, 4.69) is 11.1 Å². The van der Waals surface area contributed by atoms with E-state index in [4.69, 9.17) is 21.1 Å². The van der Waals surface area contributed by atoms with Crippen molar-refractivity contribution in [2.45, 2.75) is 31.7 Å². The maximum absolute atomic E-state index is 14.3. The smallest absolute Gasteiger partial charge is 0.254 e. The van der Waals surface area contributed by atoms with Crippen molar-refractivity contribution in [1.29, 1.82) is 0 Å². The maximum atomic E-state index is 14.3. The SMILES string of the molecule is CCOc1c(OC)cccc1C1CN2C(=O)CN(CCc3ccc(Cl)cc3)C(=O)[C@]2(C)c2[nH]c3ccccc3c21. The number of nitrogens with zero attached hydrogens (tertiary/aromatic N) is 2. The van der Waals surface area contributed by atoms with Crippen LogP contribution in [0.5, 0.6) is 11.5 Å². The second kappa shape index (κ2) is 10.2. The summed E-state index contributed by atoms with van der Waals surface area (Å²) < 4.78 is 11.8. The number of ether oxygens (including phenoxy) is 2. The van der Waals surface area contributed by atoms with Gasteiger partial charge in [-0.2, -0.15) is 0 Å². The summed E-state index contributed by atoms with van der Waals surface area (Å²) in [6.45, 7) is 5.13. The number of fused-ring (bicyclic) bond motifs is 5. The third-order valence-corrected chi connectivity index (χ3v) is 8.55. The van der Waals surface area contributed by atoms with Crippen molar-refractivity contribution in [2.75, 3.05) is 33.4 Å². The van der Waals surface area contributed by atoms with Crippen LogP contribution >= 0.6 is 11.6 Å². The van der Waals surface area contributed by atoms with Crippen LogP contribution in [0, 0.1) is 0 Å². The second-order valence-electron chi connectivity index (χ2n) is 10.5. The minimum atomic E-state index is -1.16. The zero-order valence-electron chi connectivity index (χ0n) is 22.9. The Hall–Kier alpha value is -3.97. The predicted octanol–water partition coefficient (Wildman–Crippen LogP) is 5.50. The minimum Gasteiger partial charge on any atom is -0.493 e. The molecule has 1 fully saturated rings. The summed E-state index contributed by atoms with van der Waals surface area (Å²) in [7, 11) is 1.63. The molecule has 2 atom stereocenters. The second-order valence-corrected chi connectivity index (χ2v) is 10.9. The Kier molecular flexibility index (Phi) is 6.70. The van der Waals surface area contributed by atoms with Gasteiger partial charge in [-0.25, -0.2) is 0 Å². The van der Waals surface area contributed by atoms with Crippen molar-refractivity contribution in [3.8, 4) is 11.5 Å². The average Bonchev–Trinajstić information content (AvgIpc) is 3.36. The molecule has 1 N–H and O–H groups in total. The number of carbonyl (C=O) groups is 2. The van der Waals surface area contributed by atoms with Gasteiger partial charge in [0.2, 0.25) is 5.91 Å². The molecule has 0 radical (unpaired) electrons. The highest BCUT2D eigenvalue weighted by atomic mass is 35.5. The van der Waals surface area contributed by atoms with Gasteiger partial charge < -0.3 is 24.3 Å². The molecular weight excluding hydrogens is 526 g/mol. The van der Waals surface area contributed by atoms with Crippen LogP contribution in [-0.2, 0) is 21.5 Å². The molecule has 3 heterocycles. The summed E-state index contributed by atoms with van der Waals surface area (Å²) in [5.74, 6) is 0.936. The van der Waals surface area contributed by atoms with Crippen LogP contribution in [0.25, 0.3) is 10.9 Å². The molecule has 0 bridgehead atoms. The number of halogens is 1. The molecule has 8 heteroatoms. The van der Waals surface area contributed by atoms with E-state index in [0.29, 0.717) is 42.6 Å². The lowest BCUT2D eigenvalue weighted by Crippen LogP contribution is -2.67. The van der Waals surface area contributed by atoms with Crippen LogP contribution in [0.15, 0.2) is 66.7 Å². The molecule has 2 aliphatic heterocycles. The van der Waals surface area contributed by atoms with Crippen LogP contribution in [0.3, 0.4) is 0 Å². The first-order valence-corrected chi connectivity index (χ1v) is 14.0. The van der Waals surface area contributed by atoms with Crippen LogP contribution in [-0.4, -0.2) is 59.9 Å². The van der Waals surface area contributed by atoms with Gasteiger partial charge in [0.05, 0.1) is 26.0 Å². The number of hydrogen-bond donors (Lipinski definition) is 1. The van der Waals surface area contributed by atoms with Crippen LogP contribution in [0.2, 0.25) is 5.02 Å². The third kappa shape index (κ3) is 4.11. The third-order valence-electron chi connectivity index (χ3n) is 8.29. The molecule has 1 unspecified atom stereocenters. The zero-order valence-corrected chi connectivity index (χ0v) is 23.6. The van der Waals surface area contributed by atoms with Crippen molar-refractivity contribution < 1.29 is 19.1 Å². The number of H-pyrrole nitrogens is 1. The van der Waals surface area contributed by atoms with E-state index in [1.807, 2.05) is 74.5 Å². The number of nitrogens with one attached hydrogen (secondary N) is 1.